The van der Waals surface area contributed by atoms with Crippen molar-refractivity contribution >= 4 is 34.8 Å². The van der Waals surface area contributed by atoms with Crippen molar-refractivity contribution in [2.45, 2.75) is 26.8 Å². The fraction of sp³-hybridized carbons (Fsp3) is 0.171. The van der Waals surface area contributed by atoms with Gasteiger partial charge in [-0.05, 0) is 68.3 Å². The van der Waals surface area contributed by atoms with Crippen molar-refractivity contribution in [3.05, 3.63) is 148 Å². The van der Waals surface area contributed by atoms with Gasteiger partial charge in [-0.15, -0.1) is 0 Å². The van der Waals surface area contributed by atoms with Crippen LogP contribution in [-0.2, 0) is 9.53 Å². The van der Waals surface area contributed by atoms with Gasteiger partial charge in [0.15, 0.2) is 4.80 Å². The van der Waals surface area contributed by atoms with E-state index in [-0.39, 0.29) is 23.4 Å². The Labute approximate surface area is 268 Å². The molecule has 0 amide bonds. The highest BCUT2D eigenvalue weighted by atomic mass is 32.1. The third-order valence-electron chi connectivity index (χ3n) is 7.88. The molecular weight excluding hydrogens is 604 g/mol. The number of benzene rings is 3. The second-order valence-corrected chi connectivity index (χ2v) is 11.6. The summed E-state index contributed by atoms with van der Waals surface area (Å²) < 4.78 is 14.9. The van der Waals surface area contributed by atoms with E-state index >= 15 is 0 Å². The number of nitrogens with zero attached hydrogens (tertiary/aromatic N) is 4. The molecule has 0 fully saturated rings. The number of carbonyl (C=O) groups excluding carboxylic acids is 1. The van der Waals surface area contributed by atoms with E-state index in [9.17, 15) is 19.7 Å². The minimum atomic E-state index is -0.800. The average molecular weight is 635 g/mol. The molecule has 5 aromatic rings. The number of methoxy groups -OCH3 is 1. The van der Waals surface area contributed by atoms with Gasteiger partial charge in [0.25, 0.3) is 11.2 Å². The van der Waals surface area contributed by atoms with Crippen LogP contribution in [0, 0.1) is 24.0 Å². The number of fused-ring (bicyclic) bond motifs is 1. The van der Waals surface area contributed by atoms with Crippen LogP contribution in [0.2, 0.25) is 0 Å². The van der Waals surface area contributed by atoms with Gasteiger partial charge in [0.05, 0.1) is 40.5 Å². The number of non-ortho nitro benzene ring substituents is 1. The van der Waals surface area contributed by atoms with Crippen molar-refractivity contribution < 1.29 is 19.2 Å². The summed E-state index contributed by atoms with van der Waals surface area (Å²) in [5, 5.41) is 11.2. The maximum atomic E-state index is 14.3. The molecule has 3 heterocycles. The molecule has 0 saturated carbocycles. The molecule has 0 spiro atoms. The number of aryl methyl sites for hydroxylation is 1. The maximum Gasteiger partial charge on any atom is 0.338 e. The van der Waals surface area contributed by atoms with Crippen molar-refractivity contribution in [1.29, 1.82) is 0 Å². The number of esters is 1. The zero-order chi connectivity index (χ0) is 32.5. The van der Waals surface area contributed by atoms with Crippen LogP contribution >= 0.6 is 11.3 Å². The van der Waals surface area contributed by atoms with E-state index in [1.165, 1.54) is 23.5 Å². The lowest BCUT2D eigenvalue weighted by Crippen LogP contribution is -2.40. The first-order valence-electron chi connectivity index (χ1n) is 14.6. The van der Waals surface area contributed by atoms with E-state index < -0.39 is 16.9 Å². The number of nitro benzene ring substituents is 1. The highest BCUT2D eigenvalue weighted by Crippen LogP contribution is 2.35. The Balaban J connectivity index is 1.56. The van der Waals surface area contributed by atoms with E-state index in [1.54, 1.807) is 42.9 Å². The fourth-order valence-electron chi connectivity index (χ4n) is 5.74. The van der Waals surface area contributed by atoms with Gasteiger partial charge < -0.3 is 14.0 Å². The van der Waals surface area contributed by atoms with Crippen molar-refractivity contribution in [3.8, 4) is 11.4 Å². The molecule has 11 heteroatoms. The van der Waals surface area contributed by atoms with Gasteiger partial charge in [0.1, 0.15) is 5.75 Å². The molecule has 0 aliphatic carbocycles. The van der Waals surface area contributed by atoms with E-state index in [1.807, 2.05) is 73.0 Å². The molecule has 0 N–H and O–H groups in total. The van der Waals surface area contributed by atoms with Crippen LogP contribution in [0.5, 0.6) is 5.75 Å². The summed E-state index contributed by atoms with van der Waals surface area (Å²) in [6.07, 6.45) is 1.83. The topological polar surface area (TPSA) is 118 Å². The van der Waals surface area contributed by atoms with Crippen molar-refractivity contribution in [3.63, 3.8) is 0 Å². The molecule has 232 valence electrons. The Morgan fingerprint density at radius 3 is 2.37 bits per heavy atom. The number of hydrogen-bond acceptors (Lipinski definition) is 8. The number of rotatable bonds is 8. The Morgan fingerprint density at radius 1 is 1.04 bits per heavy atom. The van der Waals surface area contributed by atoms with Crippen LogP contribution in [0.15, 0.2) is 100 Å². The van der Waals surface area contributed by atoms with E-state index in [0.717, 1.165) is 28.2 Å². The maximum absolute atomic E-state index is 14.3. The molecule has 0 radical (unpaired) electrons. The number of carbonyl (C=O) groups is 1. The van der Waals surface area contributed by atoms with Crippen molar-refractivity contribution in [2.75, 3.05) is 13.7 Å². The molecule has 2 aromatic heterocycles. The number of hydrogen-bond donors (Lipinski definition) is 0. The van der Waals surface area contributed by atoms with Gasteiger partial charge in [-0.3, -0.25) is 19.5 Å². The van der Waals surface area contributed by atoms with E-state index in [0.29, 0.717) is 26.3 Å². The fourth-order valence-corrected chi connectivity index (χ4v) is 6.73. The van der Waals surface area contributed by atoms with Gasteiger partial charge in [0, 0.05) is 34.8 Å². The zero-order valence-corrected chi connectivity index (χ0v) is 26.4. The second kappa shape index (κ2) is 12.4. The number of thiazole rings is 1. The van der Waals surface area contributed by atoms with E-state index in [4.69, 9.17) is 14.5 Å². The van der Waals surface area contributed by atoms with Crippen LogP contribution in [0.3, 0.4) is 0 Å². The van der Waals surface area contributed by atoms with Crippen molar-refractivity contribution in [2.24, 2.45) is 4.99 Å². The van der Waals surface area contributed by atoms with Crippen LogP contribution in [0.1, 0.15) is 41.0 Å². The summed E-state index contributed by atoms with van der Waals surface area (Å²) in [5.41, 5.74) is 5.22. The normalized spacial score (nSPS) is 14.5. The molecule has 0 unspecified atom stereocenters. The zero-order valence-electron chi connectivity index (χ0n) is 25.6. The summed E-state index contributed by atoms with van der Waals surface area (Å²) in [4.78, 5) is 44.0. The first-order valence-corrected chi connectivity index (χ1v) is 15.4. The molecule has 6 rings (SSSR count). The van der Waals surface area contributed by atoms with Crippen LogP contribution in [0.25, 0.3) is 17.5 Å². The monoisotopic (exact) mass is 634 g/mol. The van der Waals surface area contributed by atoms with Crippen molar-refractivity contribution in [1.82, 2.24) is 9.13 Å². The number of aromatic nitrogens is 2. The molecule has 1 aliphatic rings. The number of ether oxygens (including phenoxy) is 2. The van der Waals surface area contributed by atoms with Crippen LogP contribution < -0.4 is 19.6 Å². The van der Waals surface area contributed by atoms with E-state index in [2.05, 4.69) is 0 Å². The average Bonchev–Trinajstić information content (AvgIpc) is 3.53. The Morgan fingerprint density at radius 2 is 1.74 bits per heavy atom. The van der Waals surface area contributed by atoms with Gasteiger partial charge in [-0.1, -0.05) is 53.8 Å². The minimum absolute atomic E-state index is 0.0102. The molecule has 46 heavy (non-hydrogen) atoms. The molecule has 0 saturated heterocycles. The third kappa shape index (κ3) is 5.45. The smallest absolute Gasteiger partial charge is 0.338 e. The lowest BCUT2D eigenvalue weighted by Gasteiger charge is -2.26. The SMILES string of the molecule is CCOC(=O)C1=C(c2ccccc2)N=c2s/c(=C\c3cc(C)n(-c4ccc([N+](=O)[O-])cc4)c3C)c(=O)n2[C@H]1c1ccc(OC)cc1. The third-order valence-corrected chi connectivity index (χ3v) is 8.86. The molecule has 1 atom stereocenters. The first-order chi connectivity index (χ1) is 22.2. The predicted octanol–water partition coefficient (Wildman–Crippen LogP) is 5.26. The summed E-state index contributed by atoms with van der Waals surface area (Å²) in [5.74, 6) is 0.0938. The van der Waals surface area contributed by atoms with Gasteiger partial charge in [0.2, 0.25) is 0 Å². The first kappa shape index (κ1) is 30.5. The summed E-state index contributed by atoms with van der Waals surface area (Å²) in [6.45, 7) is 5.78. The highest BCUT2D eigenvalue weighted by molar-refractivity contribution is 7.07. The highest BCUT2D eigenvalue weighted by Gasteiger charge is 2.35. The van der Waals surface area contributed by atoms with Gasteiger partial charge in [-0.2, -0.15) is 0 Å². The number of nitro groups is 1. The second-order valence-electron chi connectivity index (χ2n) is 10.6. The molecule has 0 bridgehead atoms. The lowest BCUT2D eigenvalue weighted by atomic mass is 9.93. The largest absolute Gasteiger partial charge is 0.497 e. The Hall–Kier alpha value is -5.55. The molecule has 10 nitrogen and oxygen atoms in total. The van der Waals surface area contributed by atoms with Crippen LogP contribution in [0.4, 0.5) is 5.69 Å². The molecule has 1 aliphatic heterocycles. The quantitative estimate of drug-likeness (QED) is 0.131. The van der Waals surface area contributed by atoms with Crippen LogP contribution in [-0.4, -0.2) is 33.7 Å². The molecule has 3 aromatic carbocycles. The minimum Gasteiger partial charge on any atom is -0.497 e. The summed E-state index contributed by atoms with van der Waals surface area (Å²) in [6, 6.07) is 24.2. The summed E-state index contributed by atoms with van der Waals surface area (Å²) in [7, 11) is 1.58. The van der Waals surface area contributed by atoms with Gasteiger partial charge in [-0.25, -0.2) is 9.79 Å². The lowest BCUT2D eigenvalue weighted by molar-refractivity contribution is -0.384. The summed E-state index contributed by atoms with van der Waals surface area (Å²) >= 11 is 1.25. The Kier molecular flexibility index (Phi) is 8.25. The molecular formula is C35H30N4O6S. The Bertz CT molecular complexity index is 2180. The standard InChI is InChI=1S/C35H30N4O6S/c1-5-45-34(41)30-31(23-9-7-6-8-10-23)36-35-38(32(30)24-11-17-28(44-4)18-12-24)33(40)29(46-35)20-25-19-21(2)37(22(25)3)26-13-15-27(16-14-26)39(42)43/h6-20,32H,5H2,1-4H3/b29-20-/t32-/m0/s1. The van der Waals surface area contributed by atoms with Gasteiger partial charge >= 0.3 is 5.97 Å². The predicted molar refractivity (Wildman–Crippen MR) is 176 cm³/mol.